The summed E-state index contributed by atoms with van der Waals surface area (Å²) in [6.45, 7) is 3.07. The maximum Gasteiger partial charge on any atom is 0.242 e. The summed E-state index contributed by atoms with van der Waals surface area (Å²) < 4.78 is 39.3. The first-order valence-corrected chi connectivity index (χ1v) is 8.27. The number of likely N-dealkylation sites (N-methyl/N-ethyl adjacent to an activating group) is 1. The van der Waals surface area contributed by atoms with Gasteiger partial charge in [0.15, 0.2) is 0 Å². The Kier molecular flexibility index (Phi) is 4.93. The highest BCUT2D eigenvalue weighted by Crippen LogP contribution is 2.18. The van der Waals surface area contributed by atoms with Crippen LogP contribution in [0.15, 0.2) is 23.1 Å². The highest BCUT2D eigenvalue weighted by Gasteiger charge is 2.23. The van der Waals surface area contributed by atoms with Gasteiger partial charge in [0.25, 0.3) is 0 Å². The zero-order valence-corrected chi connectivity index (χ0v) is 12.7. The zero-order valence-electron chi connectivity index (χ0n) is 11.9. The third kappa shape index (κ3) is 3.59. The van der Waals surface area contributed by atoms with Crippen molar-refractivity contribution in [1.29, 1.82) is 5.26 Å². The van der Waals surface area contributed by atoms with Crippen LogP contribution in [0.3, 0.4) is 0 Å². The lowest BCUT2D eigenvalue weighted by Crippen LogP contribution is -2.35. The second kappa shape index (κ2) is 6.52. The van der Waals surface area contributed by atoms with Gasteiger partial charge in [-0.25, -0.2) is 12.8 Å². The molecule has 1 aliphatic rings. The molecule has 1 aliphatic heterocycles. The molecule has 0 atom stereocenters. The second-order valence-electron chi connectivity index (χ2n) is 5.13. The molecule has 1 fully saturated rings. The topological polar surface area (TPSA) is 64.4 Å². The van der Waals surface area contributed by atoms with Crippen molar-refractivity contribution in [3.05, 3.63) is 29.6 Å². The van der Waals surface area contributed by atoms with Crippen molar-refractivity contribution in [2.24, 2.45) is 0 Å². The number of hydrogen-bond acceptors (Lipinski definition) is 4. The van der Waals surface area contributed by atoms with Crippen molar-refractivity contribution < 1.29 is 12.8 Å². The maximum absolute atomic E-state index is 13.3. The number of rotatable bonds is 5. The average Bonchev–Trinajstić information content (AvgIpc) is 2.98. The van der Waals surface area contributed by atoms with Gasteiger partial charge in [0, 0.05) is 20.1 Å². The standard InChI is InChI=1S/C14H18FN3O2S/c1-17(8-9-18-6-2-3-7-18)21(19,20)13-4-5-14(15)12(10-13)11-16/h4-5,10H,2-3,6-9H2,1H3. The molecule has 2 rings (SSSR count). The van der Waals surface area contributed by atoms with Gasteiger partial charge in [-0.15, -0.1) is 0 Å². The third-order valence-electron chi connectivity index (χ3n) is 3.70. The lowest BCUT2D eigenvalue weighted by molar-refractivity contribution is 0.310. The van der Waals surface area contributed by atoms with Crippen molar-refractivity contribution >= 4 is 10.0 Å². The van der Waals surface area contributed by atoms with Crippen LogP contribution in [-0.2, 0) is 10.0 Å². The maximum atomic E-state index is 13.3. The molecule has 1 saturated heterocycles. The van der Waals surface area contributed by atoms with Crippen LogP contribution in [0.2, 0.25) is 0 Å². The summed E-state index contributed by atoms with van der Waals surface area (Å²) in [4.78, 5) is 2.17. The quantitative estimate of drug-likeness (QED) is 0.825. The Morgan fingerprint density at radius 3 is 2.67 bits per heavy atom. The molecule has 0 bridgehead atoms. The van der Waals surface area contributed by atoms with E-state index in [1.807, 2.05) is 0 Å². The van der Waals surface area contributed by atoms with Crippen LogP contribution in [0.1, 0.15) is 18.4 Å². The van der Waals surface area contributed by atoms with Crippen molar-refractivity contribution in [3.63, 3.8) is 0 Å². The first kappa shape index (κ1) is 15.9. The molecule has 7 heteroatoms. The predicted octanol–water partition coefficient (Wildman–Crippen LogP) is 1.41. The van der Waals surface area contributed by atoms with Crippen molar-refractivity contribution in [3.8, 4) is 6.07 Å². The van der Waals surface area contributed by atoms with E-state index in [4.69, 9.17) is 5.26 Å². The van der Waals surface area contributed by atoms with Gasteiger partial charge in [0.1, 0.15) is 11.9 Å². The molecule has 0 aromatic heterocycles. The largest absolute Gasteiger partial charge is 0.302 e. The summed E-state index contributed by atoms with van der Waals surface area (Å²) in [6.07, 6.45) is 2.31. The number of sulfonamides is 1. The Hall–Kier alpha value is -1.49. The van der Waals surface area contributed by atoms with E-state index >= 15 is 0 Å². The van der Waals surface area contributed by atoms with Crippen LogP contribution in [-0.4, -0.2) is 50.8 Å². The van der Waals surface area contributed by atoms with Crippen molar-refractivity contribution in [2.75, 3.05) is 33.2 Å². The SMILES string of the molecule is CN(CCN1CCCC1)S(=O)(=O)c1ccc(F)c(C#N)c1. The first-order valence-electron chi connectivity index (χ1n) is 6.83. The molecule has 0 saturated carbocycles. The summed E-state index contributed by atoms with van der Waals surface area (Å²) in [5.74, 6) is -0.712. The minimum atomic E-state index is -3.69. The highest BCUT2D eigenvalue weighted by molar-refractivity contribution is 7.89. The average molecular weight is 311 g/mol. The van der Waals surface area contributed by atoms with Gasteiger partial charge in [0.2, 0.25) is 10.0 Å². The monoisotopic (exact) mass is 311 g/mol. The number of likely N-dealkylation sites (tertiary alicyclic amines) is 1. The smallest absolute Gasteiger partial charge is 0.242 e. The normalized spacial score (nSPS) is 16.3. The van der Waals surface area contributed by atoms with Gasteiger partial charge in [0.05, 0.1) is 10.5 Å². The van der Waals surface area contributed by atoms with Gasteiger partial charge in [-0.3, -0.25) is 0 Å². The third-order valence-corrected chi connectivity index (χ3v) is 5.55. The van der Waals surface area contributed by atoms with E-state index in [-0.39, 0.29) is 10.5 Å². The van der Waals surface area contributed by atoms with E-state index in [1.165, 1.54) is 17.4 Å². The summed E-state index contributed by atoms with van der Waals surface area (Å²) in [6, 6.07) is 4.94. The molecule has 1 aromatic carbocycles. The number of nitriles is 1. The van der Waals surface area contributed by atoms with Gasteiger partial charge < -0.3 is 4.90 Å². The van der Waals surface area contributed by atoms with Crippen LogP contribution in [0, 0.1) is 17.1 Å². The van der Waals surface area contributed by atoms with E-state index in [0.29, 0.717) is 13.1 Å². The Morgan fingerprint density at radius 2 is 2.05 bits per heavy atom. The fourth-order valence-electron chi connectivity index (χ4n) is 2.34. The molecule has 0 radical (unpaired) electrons. The lowest BCUT2D eigenvalue weighted by Gasteiger charge is -2.21. The number of nitrogens with zero attached hydrogens (tertiary/aromatic N) is 3. The van der Waals surface area contributed by atoms with E-state index < -0.39 is 15.8 Å². The first-order chi connectivity index (χ1) is 9.95. The summed E-state index contributed by atoms with van der Waals surface area (Å²) in [7, 11) is -2.19. The Balaban J connectivity index is 2.11. The molecule has 1 aromatic rings. The van der Waals surface area contributed by atoms with E-state index in [1.54, 1.807) is 6.07 Å². The summed E-state index contributed by atoms with van der Waals surface area (Å²) in [5, 5.41) is 8.79. The molecule has 0 N–H and O–H groups in total. The lowest BCUT2D eigenvalue weighted by atomic mass is 10.2. The number of benzene rings is 1. The van der Waals surface area contributed by atoms with Crippen molar-refractivity contribution in [2.45, 2.75) is 17.7 Å². The number of hydrogen-bond donors (Lipinski definition) is 0. The van der Waals surface area contributed by atoms with Gasteiger partial charge in [-0.05, 0) is 44.1 Å². The predicted molar refractivity (Wildman–Crippen MR) is 76.6 cm³/mol. The molecule has 0 amide bonds. The van der Waals surface area contributed by atoms with Gasteiger partial charge in [-0.2, -0.15) is 9.57 Å². The van der Waals surface area contributed by atoms with Crippen LogP contribution in [0.25, 0.3) is 0 Å². The van der Waals surface area contributed by atoms with Crippen LogP contribution < -0.4 is 0 Å². The molecule has 114 valence electrons. The molecule has 0 aliphatic carbocycles. The molecule has 0 spiro atoms. The fraction of sp³-hybridized carbons (Fsp3) is 0.500. The Morgan fingerprint density at radius 1 is 1.38 bits per heavy atom. The minimum absolute atomic E-state index is 0.0515. The summed E-state index contributed by atoms with van der Waals surface area (Å²) >= 11 is 0. The van der Waals surface area contributed by atoms with E-state index in [0.717, 1.165) is 38.1 Å². The minimum Gasteiger partial charge on any atom is -0.302 e. The van der Waals surface area contributed by atoms with Crippen LogP contribution >= 0.6 is 0 Å². The second-order valence-corrected chi connectivity index (χ2v) is 7.17. The van der Waals surface area contributed by atoms with Crippen molar-refractivity contribution in [1.82, 2.24) is 9.21 Å². The van der Waals surface area contributed by atoms with Gasteiger partial charge >= 0.3 is 0 Å². The Labute approximate surface area is 124 Å². The molecular weight excluding hydrogens is 293 g/mol. The van der Waals surface area contributed by atoms with Gasteiger partial charge in [-0.1, -0.05) is 0 Å². The molecular formula is C14H18FN3O2S. The number of halogens is 1. The van der Waals surface area contributed by atoms with Crippen LogP contribution in [0.5, 0.6) is 0 Å². The fourth-order valence-corrected chi connectivity index (χ4v) is 3.53. The Bertz CT molecular complexity index is 649. The molecule has 21 heavy (non-hydrogen) atoms. The summed E-state index contributed by atoms with van der Waals surface area (Å²) in [5.41, 5.74) is -0.260. The molecule has 1 heterocycles. The molecule has 5 nitrogen and oxygen atoms in total. The van der Waals surface area contributed by atoms with E-state index in [9.17, 15) is 12.8 Å². The highest BCUT2D eigenvalue weighted by atomic mass is 32.2. The zero-order chi connectivity index (χ0) is 15.5. The van der Waals surface area contributed by atoms with E-state index in [2.05, 4.69) is 4.90 Å². The molecule has 0 unspecified atom stereocenters. The van der Waals surface area contributed by atoms with Crippen LogP contribution in [0.4, 0.5) is 4.39 Å².